The van der Waals surface area contributed by atoms with Crippen molar-refractivity contribution in [1.82, 2.24) is 0 Å². The number of epoxide rings is 1. The topological polar surface area (TPSA) is 132 Å². The summed E-state index contributed by atoms with van der Waals surface area (Å²) in [5.41, 5.74) is 0. The Bertz CT molecular complexity index is 1080. The molecule has 10 heteroatoms. The number of hydrogen-bond acceptors (Lipinski definition) is 7. The lowest BCUT2D eigenvalue weighted by atomic mass is 10.1. The maximum atomic E-state index is 12.5. The third kappa shape index (κ3) is 32.1. The Kier molecular flexibility index (Phi) is 29.7. The van der Waals surface area contributed by atoms with E-state index in [1.54, 1.807) is 0 Å². The molecule has 1 rings (SSSR count). The maximum Gasteiger partial charge on any atom is 0.469 e. The number of carbonyl (C=O) groups excluding carboxylic acids is 2. The zero-order valence-electron chi connectivity index (χ0n) is 31.7. The Hall–Kier alpha value is -2.29. The van der Waals surface area contributed by atoms with Crippen molar-refractivity contribution in [3.05, 3.63) is 60.8 Å². The molecule has 0 amide bonds. The van der Waals surface area contributed by atoms with Gasteiger partial charge in [-0.15, -0.1) is 0 Å². The summed E-state index contributed by atoms with van der Waals surface area (Å²) in [6.45, 7) is 3.54. The molecule has 9 nitrogen and oxygen atoms in total. The molecule has 0 aliphatic carbocycles. The number of phosphoric ester groups is 1. The van der Waals surface area contributed by atoms with Crippen LogP contribution >= 0.6 is 7.82 Å². The highest BCUT2D eigenvalue weighted by atomic mass is 31.2. The number of esters is 2. The summed E-state index contributed by atoms with van der Waals surface area (Å²) in [6.07, 6.45) is 42.4. The summed E-state index contributed by atoms with van der Waals surface area (Å²) in [5, 5.41) is 0. The molecule has 3 atom stereocenters. The second kappa shape index (κ2) is 32.4. The van der Waals surface area contributed by atoms with Crippen LogP contribution in [0.15, 0.2) is 60.8 Å². The predicted molar refractivity (Wildman–Crippen MR) is 206 cm³/mol. The summed E-state index contributed by atoms with van der Waals surface area (Å²) < 4.78 is 32.1. The molecule has 0 aromatic heterocycles. The van der Waals surface area contributed by atoms with Gasteiger partial charge >= 0.3 is 19.8 Å². The van der Waals surface area contributed by atoms with Crippen molar-refractivity contribution in [2.24, 2.45) is 0 Å². The number of carbonyl (C=O) groups is 2. The molecule has 1 heterocycles. The summed E-state index contributed by atoms with van der Waals surface area (Å²) in [5.74, 6) is -0.982. The Morgan fingerprint density at radius 2 is 1.14 bits per heavy atom. The van der Waals surface area contributed by atoms with E-state index < -0.39 is 32.5 Å². The zero-order valence-corrected chi connectivity index (χ0v) is 32.6. The van der Waals surface area contributed by atoms with Crippen LogP contribution in [0.3, 0.4) is 0 Å². The van der Waals surface area contributed by atoms with Gasteiger partial charge in [0.05, 0.1) is 18.8 Å². The van der Waals surface area contributed by atoms with E-state index >= 15 is 0 Å². The lowest BCUT2D eigenvalue weighted by Crippen LogP contribution is -2.29. The van der Waals surface area contributed by atoms with Crippen LogP contribution in [0.25, 0.3) is 0 Å². The number of allylic oxidation sites excluding steroid dienone is 9. The van der Waals surface area contributed by atoms with E-state index in [2.05, 4.69) is 79.1 Å². The average Bonchev–Trinajstić information content (AvgIpc) is 3.85. The minimum Gasteiger partial charge on any atom is -0.462 e. The minimum atomic E-state index is -4.78. The third-order valence-electron chi connectivity index (χ3n) is 8.43. The van der Waals surface area contributed by atoms with Crippen molar-refractivity contribution >= 4 is 19.8 Å². The summed E-state index contributed by atoms with van der Waals surface area (Å²) in [6, 6.07) is 0. The smallest absolute Gasteiger partial charge is 0.462 e. The summed E-state index contributed by atoms with van der Waals surface area (Å²) >= 11 is 0. The Balaban J connectivity index is 2.16. The molecular formula is C41H69O9P. The quantitative estimate of drug-likeness (QED) is 0.0218. The molecule has 0 aromatic rings. The van der Waals surface area contributed by atoms with Gasteiger partial charge < -0.3 is 24.0 Å². The van der Waals surface area contributed by atoms with Crippen molar-refractivity contribution < 1.29 is 42.7 Å². The first-order valence-corrected chi connectivity index (χ1v) is 21.2. The van der Waals surface area contributed by atoms with E-state index in [4.69, 9.17) is 24.0 Å². The Labute approximate surface area is 309 Å². The number of phosphoric acid groups is 1. The van der Waals surface area contributed by atoms with Crippen LogP contribution in [0.1, 0.15) is 155 Å². The molecule has 1 aliphatic heterocycles. The van der Waals surface area contributed by atoms with Crippen LogP contribution in [0.4, 0.5) is 0 Å². The molecule has 1 aliphatic rings. The first-order chi connectivity index (χ1) is 24.7. The lowest BCUT2D eigenvalue weighted by molar-refractivity contribution is -0.161. The lowest BCUT2D eigenvalue weighted by Gasteiger charge is -2.18. The predicted octanol–water partition coefficient (Wildman–Crippen LogP) is 10.7. The Morgan fingerprint density at radius 1 is 0.627 bits per heavy atom. The van der Waals surface area contributed by atoms with Gasteiger partial charge in [-0.2, -0.15) is 0 Å². The number of hydrogen-bond donors (Lipinski definition) is 2. The fourth-order valence-corrected chi connectivity index (χ4v) is 5.73. The number of rotatable bonds is 34. The first-order valence-electron chi connectivity index (χ1n) is 19.7. The van der Waals surface area contributed by atoms with Gasteiger partial charge in [-0.25, -0.2) is 4.57 Å². The number of unbranched alkanes of at least 4 members (excludes halogenated alkanes) is 11. The highest BCUT2D eigenvalue weighted by Gasteiger charge is 2.36. The van der Waals surface area contributed by atoms with E-state index in [0.29, 0.717) is 19.3 Å². The Morgan fingerprint density at radius 3 is 1.73 bits per heavy atom. The normalized spacial score (nSPS) is 17.1. The molecule has 2 N–H and O–H groups in total. The average molecular weight is 737 g/mol. The molecule has 0 bridgehead atoms. The van der Waals surface area contributed by atoms with Crippen LogP contribution in [0.2, 0.25) is 0 Å². The van der Waals surface area contributed by atoms with Gasteiger partial charge in [0.2, 0.25) is 0 Å². The molecule has 2 unspecified atom stereocenters. The highest BCUT2D eigenvalue weighted by molar-refractivity contribution is 7.46. The van der Waals surface area contributed by atoms with Gasteiger partial charge in [-0.1, -0.05) is 120 Å². The molecule has 1 saturated heterocycles. The van der Waals surface area contributed by atoms with Gasteiger partial charge in [0.15, 0.2) is 6.10 Å². The maximum absolute atomic E-state index is 12.5. The van der Waals surface area contributed by atoms with Crippen molar-refractivity contribution in [3.8, 4) is 0 Å². The van der Waals surface area contributed by atoms with Gasteiger partial charge in [-0.3, -0.25) is 14.1 Å². The van der Waals surface area contributed by atoms with Crippen LogP contribution in [-0.2, 0) is 32.9 Å². The molecule has 0 radical (unpaired) electrons. The third-order valence-corrected chi connectivity index (χ3v) is 8.92. The van der Waals surface area contributed by atoms with Crippen LogP contribution in [0, 0.1) is 0 Å². The van der Waals surface area contributed by atoms with E-state index in [1.165, 1.54) is 44.9 Å². The summed E-state index contributed by atoms with van der Waals surface area (Å²) in [7, 11) is -4.78. The highest BCUT2D eigenvalue weighted by Crippen LogP contribution is 2.36. The first kappa shape index (κ1) is 46.7. The second-order valence-corrected chi connectivity index (χ2v) is 14.5. The second-order valence-electron chi connectivity index (χ2n) is 13.3. The van der Waals surface area contributed by atoms with Crippen molar-refractivity contribution in [2.45, 2.75) is 173 Å². The standard InChI is InChI=1S/C41H69O9P/c1-3-5-7-9-11-13-15-17-18-19-21-23-25-27-29-33-40(42)47-35-37(36-48-51(44,45)46)49-41(43)34-30-32-39-38(50-39)31-28-26-24-22-20-16-14-12-10-8-6-4-2/h11-14,17-18,20,22,26,28,37-39H,3-10,15-16,19,21,23-25,27,29-36H2,1-2H3,(H2,44,45,46)/b13-11-,14-12-,18-17-,22-20-,28-26-/t37-,38?,39?/m1/s1. The SMILES string of the molecule is CCCCC/C=C\C/C=C\C/C=C\CC1OC1CCCC(=O)O[C@H](COC(=O)CCCCCCC/C=C\C/C=C\CCCCC)COP(=O)(O)O. The van der Waals surface area contributed by atoms with E-state index in [-0.39, 0.29) is 31.7 Å². The van der Waals surface area contributed by atoms with Gasteiger partial charge in [-0.05, 0) is 83.5 Å². The largest absolute Gasteiger partial charge is 0.469 e. The van der Waals surface area contributed by atoms with E-state index in [0.717, 1.165) is 64.2 Å². The molecule has 51 heavy (non-hydrogen) atoms. The molecule has 0 saturated carbocycles. The molecular weight excluding hydrogens is 667 g/mol. The molecule has 0 spiro atoms. The van der Waals surface area contributed by atoms with Crippen molar-refractivity contribution in [1.29, 1.82) is 0 Å². The van der Waals surface area contributed by atoms with Crippen LogP contribution < -0.4 is 0 Å². The fraction of sp³-hybridized carbons (Fsp3) is 0.707. The molecule has 0 aromatic carbocycles. The molecule has 1 fully saturated rings. The van der Waals surface area contributed by atoms with E-state index in [9.17, 15) is 14.2 Å². The molecule has 292 valence electrons. The van der Waals surface area contributed by atoms with Crippen molar-refractivity contribution in [3.63, 3.8) is 0 Å². The monoisotopic (exact) mass is 736 g/mol. The van der Waals surface area contributed by atoms with Crippen LogP contribution in [-0.4, -0.2) is 53.3 Å². The van der Waals surface area contributed by atoms with E-state index in [1.807, 2.05) is 0 Å². The minimum absolute atomic E-state index is 0.111. The number of ether oxygens (including phenoxy) is 3. The van der Waals surface area contributed by atoms with Gasteiger partial charge in [0.1, 0.15) is 6.61 Å². The van der Waals surface area contributed by atoms with Gasteiger partial charge in [0.25, 0.3) is 0 Å². The van der Waals surface area contributed by atoms with Crippen LogP contribution in [0.5, 0.6) is 0 Å². The van der Waals surface area contributed by atoms with Gasteiger partial charge in [0, 0.05) is 12.8 Å². The fourth-order valence-electron chi connectivity index (χ4n) is 5.37. The summed E-state index contributed by atoms with van der Waals surface area (Å²) in [4.78, 5) is 42.9. The zero-order chi connectivity index (χ0) is 37.3. The van der Waals surface area contributed by atoms with Crippen molar-refractivity contribution in [2.75, 3.05) is 13.2 Å².